The number of rotatable bonds is 5. The molecule has 0 fully saturated rings. The van der Waals surface area contributed by atoms with E-state index in [4.69, 9.17) is 10.6 Å². The number of nitrogens with zero attached hydrogens (tertiary/aromatic N) is 1. The number of carbonyl (C=O) groups is 2. The quantitative estimate of drug-likeness (QED) is 0.459. The first kappa shape index (κ1) is 12.4. The van der Waals surface area contributed by atoms with Gasteiger partial charge in [0.15, 0.2) is 0 Å². The minimum Gasteiger partial charge on any atom is -0.393 e. The van der Waals surface area contributed by atoms with Gasteiger partial charge in [-0.1, -0.05) is 5.16 Å². The number of nitrogens with two attached hydrogens (primary N) is 1. The van der Waals surface area contributed by atoms with Crippen molar-refractivity contribution in [2.45, 2.75) is 26.8 Å². The lowest BCUT2D eigenvalue weighted by atomic mass is 10.3. The Hall–Kier alpha value is -1.59. The fourth-order valence-electron chi connectivity index (χ4n) is 0.681. The molecule has 0 aromatic carbocycles. The van der Waals surface area contributed by atoms with Crippen molar-refractivity contribution in [3.63, 3.8) is 0 Å². The predicted molar refractivity (Wildman–Crippen MR) is 51.5 cm³/mol. The second kappa shape index (κ2) is 5.95. The predicted octanol–water partition coefficient (Wildman–Crippen LogP) is -0.611. The molecule has 1 unspecified atom stereocenters. The maximum Gasteiger partial charge on any atom is 0.243 e. The molecule has 6 heteroatoms. The standard InChI is InChI=1S/C8H15N3O3/c1-5(2)11-14-4-7(8(9)13)10-6(3)12/h7H,4H2,1-3H3,(H2,9,13)(H,10,12). The number of oxime groups is 1. The highest BCUT2D eigenvalue weighted by Crippen LogP contribution is 1.87. The lowest BCUT2D eigenvalue weighted by molar-refractivity contribution is -0.127. The van der Waals surface area contributed by atoms with Crippen molar-refractivity contribution < 1.29 is 14.4 Å². The summed E-state index contributed by atoms with van der Waals surface area (Å²) >= 11 is 0. The van der Waals surface area contributed by atoms with Crippen LogP contribution in [0.3, 0.4) is 0 Å². The van der Waals surface area contributed by atoms with Crippen LogP contribution in [0.5, 0.6) is 0 Å². The van der Waals surface area contributed by atoms with Crippen LogP contribution in [0.2, 0.25) is 0 Å². The van der Waals surface area contributed by atoms with Crippen molar-refractivity contribution in [2.24, 2.45) is 10.9 Å². The molecule has 0 aliphatic rings. The van der Waals surface area contributed by atoms with E-state index < -0.39 is 11.9 Å². The van der Waals surface area contributed by atoms with Gasteiger partial charge in [-0.25, -0.2) is 0 Å². The van der Waals surface area contributed by atoms with E-state index >= 15 is 0 Å². The SMILES string of the molecule is CC(=O)NC(CON=C(C)C)C(N)=O. The topological polar surface area (TPSA) is 93.8 Å². The van der Waals surface area contributed by atoms with Crippen molar-refractivity contribution in [3.8, 4) is 0 Å². The Balaban J connectivity index is 4.04. The molecule has 1 atom stereocenters. The summed E-state index contributed by atoms with van der Waals surface area (Å²) in [6.07, 6.45) is 0. The van der Waals surface area contributed by atoms with E-state index in [1.165, 1.54) is 6.92 Å². The second-order valence-electron chi connectivity index (χ2n) is 2.99. The molecule has 3 N–H and O–H groups in total. The van der Waals surface area contributed by atoms with E-state index in [2.05, 4.69) is 10.5 Å². The van der Waals surface area contributed by atoms with Crippen molar-refractivity contribution in [1.29, 1.82) is 0 Å². The van der Waals surface area contributed by atoms with E-state index in [1.54, 1.807) is 13.8 Å². The number of carbonyl (C=O) groups excluding carboxylic acids is 2. The Bertz CT molecular complexity index is 246. The molecule has 6 nitrogen and oxygen atoms in total. The van der Waals surface area contributed by atoms with Crippen LogP contribution < -0.4 is 11.1 Å². The highest BCUT2D eigenvalue weighted by Gasteiger charge is 2.16. The first-order valence-corrected chi connectivity index (χ1v) is 4.13. The van der Waals surface area contributed by atoms with Crippen molar-refractivity contribution in [2.75, 3.05) is 6.61 Å². The molecule has 14 heavy (non-hydrogen) atoms. The van der Waals surface area contributed by atoms with Gasteiger partial charge >= 0.3 is 0 Å². The number of amides is 2. The van der Waals surface area contributed by atoms with Crippen LogP contribution in [0.4, 0.5) is 0 Å². The fraction of sp³-hybridized carbons (Fsp3) is 0.625. The number of hydrogen-bond donors (Lipinski definition) is 2. The lowest BCUT2D eigenvalue weighted by Crippen LogP contribution is -2.46. The van der Waals surface area contributed by atoms with Crippen LogP contribution in [0.15, 0.2) is 5.16 Å². The van der Waals surface area contributed by atoms with Gasteiger partial charge in [-0.05, 0) is 13.8 Å². The molecule has 2 amide bonds. The van der Waals surface area contributed by atoms with Crippen LogP contribution in [0.1, 0.15) is 20.8 Å². The molecule has 0 saturated heterocycles. The van der Waals surface area contributed by atoms with Crippen molar-refractivity contribution >= 4 is 17.5 Å². The minimum atomic E-state index is -0.837. The Morgan fingerprint density at radius 1 is 1.43 bits per heavy atom. The molecule has 0 spiro atoms. The van der Waals surface area contributed by atoms with E-state index in [1.807, 2.05) is 0 Å². The molecule has 0 rings (SSSR count). The van der Waals surface area contributed by atoms with Gasteiger partial charge < -0.3 is 15.9 Å². The van der Waals surface area contributed by atoms with Gasteiger partial charge in [-0.3, -0.25) is 9.59 Å². The van der Waals surface area contributed by atoms with E-state index in [9.17, 15) is 9.59 Å². The summed E-state index contributed by atoms with van der Waals surface area (Å²) in [7, 11) is 0. The highest BCUT2D eigenvalue weighted by atomic mass is 16.6. The second-order valence-corrected chi connectivity index (χ2v) is 2.99. The molecule has 0 heterocycles. The number of nitrogens with one attached hydrogen (secondary N) is 1. The summed E-state index contributed by atoms with van der Waals surface area (Å²) in [5.74, 6) is -0.987. The van der Waals surface area contributed by atoms with Gasteiger partial charge in [0.05, 0.1) is 5.71 Å². The van der Waals surface area contributed by atoms with Crippen LogP contribution in [-0.4, -0.2) is 30.2 Å². The molecule has 0 saturated carbocycles. The largest absolute Gasteiger partial charge is 0.393 e. The molecule has 0 bridgehead atoms. The van der Waals surface area contributed by atoms with Gasteiger partial charge in [0, 0.05) is 6.92 Å². The molecule has 0 aromatic heterocycles. The molecule has 80 valence electrons. The van der Waals surface area contributed by atoms with Crippen molar-refractivity contribution in [1.82, 2.24) is 5.32 Å². The summed E-state index contributed by atoms with van der Waals surface area (Å²) in [5, 5.41) is 5.96. The third kappa shape index (κ3) is 5.99. The molecule has 0 aromatic rings. The summed E-state index contributed by atoms with van der Waals surface area (Å²) < 4.78 is 0. The van der Waals surface area contributed by atoms with E-state index in [0.717, 1.165) is 5.71 Å². The third-order valence-corrected chi connectivity index (χ3v) is 1.21. The Morgan fingerprint density at radius 3 is 2.36 bits per heavy atom. The normalized spacial score (nSPS) is 11.4. The summed E-state index contributed by atoms with van der Waals surface area (Å²) in [4.78, 5) is 26.2. The van der Waals surface area contributed by atoms with Gasteiger partial charge in [-0.2, -0.15) is 0 Å². The lowest BCUT2D eigenvalue weighted by Gasteiger charge is -2.12. The summed E-state index contributed by atoms with van der Waals surface area (Å²) in [5.41, 5.74) is 5.74. The average molecular weight is 201 g/mol. The average Bonchev–Trinajstić information content (AvgIpc) is 2.00. The summed E-state index contributed by atoms with van der Waals surface area (Å²) in [6.45, 7) is 4.74. The number of hydrogen-bond acceptors (Lipinski definition) is 4. The maximum absolute atomic E-state index is 10.8. The minimum absolute atomic E-state index is 0.0555. The molecular formula is C8H15N3O3. The van der Waals surface area contributed by atoms with Crippen LogP contribution in [0, 0.1) is 0 Å². The fourth-order valence-corrected chi connectivity index (χ4v) is 0.681. The zero-order valence-electron chi connectivity index (χ0n) is 8.53. The summed E-state index contributed by atoms with van der Waals surface area (Å²) in [6, 6.07) is -0.837. The van der Waals surface area contributed by atoms with Crippen molar-refractivity contribution in [3.05, 3.63) is 0 Å². The Kier molecular flexibility index (Phi) is 5.28. The van der Waals surface area contributed by atoms with Gasteiger partial charge in [-0.15, -0.1) is 0 Å². The van der Waals surface area contributed by atoms with Gasteiger partial charge in [0.1, 0.15) is 12.6 Å². The number of primary amides is 1. The van der Waals surface area contributed by atoms with Crippen LogP contribution in [-0.2, 0) is 14.4 Å². The van der Waals surface area contributed by atoms with E-state index in [-0.39, 0.29) is 12.5 Å². The molecule has 0 aliphatic heterocycles. The molecular weight excluding hydrogens is 186 g/mol. The zero-order chi connectivity index (χ0) is 11.1. The van der Waals surface area contributed by atoms with Crippen LogP contribution >= 0.6 is 0 Å². The van der Waals surface area contributed by atoms with E-state index in [0.29, 0.717) is 0 Å². The van der Waals surface area contributed by atoms with Crippen LogP contribution in [0.25, 0.3) is 0 Å². The highest BCUT2D eigenvalue weighted by molar-refractivity contribution is 5.85. The maximum atomic E-state index is 10.8. The monoisotopic (exact) mass is 201 g/mol. The zero-order valence-corrected chi connectivity index (χ0v) is 8.53. The molecule has 0 aliphatic carbocycles. The first-order chi connectivity index (χ1) is 6.43. The Labute approximate surface area is 82.5 Å². The van der Waals surface area contributed by atoms with Gasteiger partial charge in [0.2, 0.25) is 11.8 Å². The third-order valence-electron chi connectivity index (χ3n) is 1.21. The Morgan fingerprint density at radius 2 is 2.00 bits per heavy atom. The van der Waals surface area contributed by atoms with Gasteiger partial charge in [0.25, 0.3) is 0 Å². The molecule has 0 radical (unpaired) electrons. The first-order valence-electron chi connectivity index (χ1n) is 4.13. The smallest absolute Gasteiger partial charge is 0.243 e.